The molecule has 4 fully saturated rings. The average molecular weight is 334 g/mol. The van der Waals surface area contributed by atoms with E-state index >= 15 is 0 Å². The van der Waals surface area contributed by atoms with E-state index in [0.29, 0.717) is 17.0 Å². The summed E-state index contributed by atoms with van der Waals surface area (Å²) < 4.78 is 0. The summed E-state index contributed by atoms with van der Waals surface area (Å²) in [5, 5.41) is 3.65. The maximum Gasteiger partial charge on any atom is 0.321 e. The van der Waals surface area contributed by atoms with Gasteiger partial charge in [-0.05, 0) is 55.7 Å². The number of benzene rings is 1. The number of piperidine rings is 1. The Balaban J connectivity index is 1.41. The second-order valence-electron chi connectivity index (χ2n) is 7.34. The number of urea groups is 1. The zero-order valence-corrected chi connectivity index (χ0v) is 14.1. The number of fused-ring (bicyclic) bond motifs is 4. The lowest BCUT2D eigenvalue weighted by Gasteiger charge is -2.36. The van der Waals surface area contributed by atoms with E-state index in [-0.39, 0.29) is 6.03 Å². The summed E-state index contributed by atoms with van der Waals surface area (Å²) in [7, 11) is 0. The number of carbonyl (C=O) groups excluding carboxylic acids is 1. The van der Waals surface area contributed by atoms with E-state index in [1.165, 1.54) is 38.8 Å². The second kappa shape index (κ2) is 6.33. The molecule has 3 aliphatic heterocycles. The summed E-state index contributed by atoms with van der Waals surface area (Å²) in [4.78, 5) is 17.3. The van der Waals surface area contributed by atoms with Gasteiger partial charge in [-0.25, -0.2) is 4.79 Å². The molecule has 1 aromatic carbocycles. The average Bonchev–Trinajstić information content (AvgIpc) is 3.34. The molecule has 124 valence electrons. The molecule has 1 saturated carbocycles. The Morgan fingerprint density at radius 1 is 1.17 bits per heavy atom. The maximum absolute atomic E-state index is 12.6. The van der Waals surface area contributed by atoms with E-state index in [4.69, 9.17) is 11.6 Å². The molecule has 1 aliphatic carbocycles. The van der Waals surface area contributed by atoms with Gasteiger partial charge in [0.2, 0.25) is 0 Å². The molecule has 0 aromatic heterocycles. The summed E-state index contributed by atoms with van der Waals surface area (Å²) in [6.07, 6.45) is 5.28. The zero-order valence-electron chi connectivity index (χ0n) is 13.4. The van der Waals surface area contributed by atoms with Crippen LogP contribution in [0.25, 0.3) is 0 Å². The molecule has 2 bridgehead atoms. The lowest BCUT2D eigenvalue weighted by molar-refractivity contribution is 0.126. The molecule has 2 atom stereocenters. The van der Waals surface area contributed by atoms with Gasteiger partial charge >= 0.3 is 6.03 Å². The van der Waals surface area contributed by atoms with Crippen LogP contribution in [-0.2, 0) is 0 Å². The van der Waals surface area contributed by atoms with Gasteiger partial charge in [0.25, 0.3) is 0 Å². The van der Waals surface area contributed by atoms with Crippen LogP contribution in [0, 0.1) is 11.8 Å². The predicted octanol–water partition coefficient (Wildman–Crippen LogP) is 3.68. The number of hydrogen-bond acceptors (Lipinski definition) is 2. The van der Waals surface area contributed by atoms with Crippen molar-refractivity contribution >= 4 is 23.3 Å². The van der Waals surface area contributed by atoms with Crippen molar-refractivity contribution in [3.63, 3.8) is 0 Å². The lowest BCUT2D eigenvalue weighted by Crippen LogP contribution is -2.45. The monoisotopic (exact) mass is 333 g/mol. The Kier molecular flexibility index (Phi) is 4.20. The van der Waals surface area contributed by atoms with Crippen molar-refractivity contribution < 1.29 is 4.79 Å². The van der Waals surface area contributed by atoms with Crippen molar-refractivity contribution in [3.05, 3.63) is 29.3 Å². The van der Waals surface area contributed by atoms with Gasteiger partial charge in [0, 0.05) is 42.9 Å². The minimum atomic E-state index is 0.0115. The third-order valence-electron chi connectivity index (χ3n) is 5.38. The minimum absolute atomic E-state index is 0.0115. The van der Waals surface area contributed by atoms with Gasteiger partial charge in [-0.3, -0.25) is 4.90 Å². The highest BCUT2D eigenvalue weighted by molar-refractivity contribution is 6.30. The number of anilines is 1. The Morgan fingerprint density at radius 2 is 2.04 bits per heavy atom. The molecule has 5 rings (SSSR count). The van der Waals surface area contributed by atoms with Crippen LogP contribution < -0.4 is 5.32 Å². The predicted molar refractivity (Wildman–Crippen MR) is 92.9 cm³/mol. The van der Waals surface area contributed by atoms with Crippen molar-refractivity contribution in [2.45, 2.75) is 31.7 Å². The highest BCUT2D eigenvalue weighted by Gasteiger charge is 2.38. The summed E-state index contributed by atoms with van der Waals surface area (Å²) >= 11 is 6.00. The summed E-state index contributed by atoms with van der Waals surface area (Å²) in [5.41, 5.74) is 0.772. The first-order valence-electron chi connectivity index (χ1n) is 8.73. The molecular weight excluding hydrogens is 310 g/mol. The molecule has 0 spiro atoms. The molecule has 0 unspecified atom stereocenters. The Labute approximate surface area is 142 Å². The SMILES string of the molecule is O=C(Nc1cccc(Cl)c1)N1C[C@@H]2CC[C@H](C1)N(CC1CC1)C2. The second-order valence-corrected chi connectivity index (χ2v) is 7.78. The number of carbonyl (C=O) groups is 1. The first kappa shape index (κ1) is 15.3. The molecule has 2 amide bonds. The van der Waals surface area contributed by atoms with E-state index in [2.05, 4.69) is 10.2 Å². The first-order valence-corrected chi connectivity index (χ1v) is 9.11. The molecule has 1 aromatic rings. The molecular formula is C18H24ClN3O. The van der Waals surface area contributed by atoms with Crippen LogP contribution in [0.3, 0.4) is 0 Å². The first-order chi connectivity index (χ1) is 11.2. The smallest absolute Gasteiger partial charge is 0.321 e. The third kappa shape index (κ3) is 3.64. The topological polar surface area (TPSA) is 35.6 Å². The maximum atomic E-state index is 12.6. The highest BCUT2D eigenvalue weighted by atomic mass is 35.5. The number of halogens is 1. The standard InChI is InChI=1S/C18H24ClN3O/c19-15-2-1-3-16(8-15)20-18(23)22-11-14-6-7-17(12-22)21(10-14)9-13-4-5-13/h1-3,8,13-14,17H,4-7,9-12H2,(H,20,23)/t14-,17-/m1/s1. The molecule has 4 nitrogen and oxygen atoms in total. The Morgan fingerprint density at radius 3 is 2.83 bits per heavy atom. The molecule has 3 heterocycles. The van der Waals surface area contributed by atoms with Crippen LogP contribution >= 0.6 is 11.6 Å². The lowest BCUT2D eigenvalue weighted by atomic mass is 9.95. The number of hydrogen-bond donors (Lipinski definition) is 1. The van der Waals surface area contributed by atoms with Crippen LogP contribution in [0.5, 0.6) is 0 Å². The van der Waals surface area contributed by atoms with Crippen molar-refractivity contribution in [1.82, 2.24) is 9.80 Å². The number of amides is 2. The molecule has 23 heavy (non-hydrogen) atoms. The van der Waals surface area contributed by atoms with Crippen LogP contribution in [-0.4, -0.2) is 48.1 Å². The van der Waals surface area contributed by atoms with Crippen LogP contribution in [0.4, 0.5) is 10.5 Å². The van der Waals surface area contributed by atoms with Gasteiger partial charge in [-0.15, -0.1) is 0 Å². The number of nitrogens with one attached hydrogen (secondary N) is 1. The third-order valence-corrected chi connectivity index (χ3v) is 5.61. The fraction of sp³-hybridized carbons (Fsp3) is 0.611. The summed E-state index contributed by atoms with van der Waals surface area (Å²) in [5.74, 6) is 1.54. The van der Waals surface area contributed by atoms with Gasteiger partial charge in [-0.1, -0.05) is 17.7 Å². The number of nitrogens with zero attached hydrogens (tertiary/aromatic N) is 2. The van der Waals surface area contributed by atoms with Crippen LogP contribution in [0.15, 0.2) is 24.3 Å². The quantitative estimate of drug-likeness (QED) is 0.916. The summed E-state index contributed by atoms with van der Waals surface area (Å²) in [6.45, 7) is 4.15. The zero-order chi connectivity index (χ0) is 15.8. The molecule has 3 saturated heterocycles. The van der Waals surface area contributed by atoms with E-state index in [1.807, 2.05) is 23.1 Å². The Bertz CT molecular complexity index is 589. The molecule has 5 heteroatoms. The van der Waals surface area contributed by atoms with E-state index in [1.54, 1.807) is 6.07 Å². The fourth-order valence-corrected chi connectivity index (χ4v) is 4.16. The fourth-order valence-electron chi connectivity index (χ4n) is 3.97. The molecule has 4 aliphatic rings. The van der Waals surface area contributed by atoms with Gasteiger partial charge < -0.3 is 10.2 Å². The normalized spacial score (nSPS) is 27.8. The van der Waals surface area contributed by atoms with Crippen molar-refractivity contribution in [2.24, 2.45) is 11.8 Å². The van der Waals surface area contributed by atoms with Gasteiger partial charge in [0.05, 0.1) is 0 Å². The minimum Gasteiger partial charge on any atom is -0.323 e. The molecule has 0 radical (unpaired) electrons. The summed E-state index contributed by atoms with van der Waals surface area (Å²) in [6, 6.07) is 7.92. The Hall–Kier alpha value is -1.26. The van der Waals surface area contributed by atoms with E-state index in [9.17, 15) is 4.79 Å². The van der Waals surface area contributed by atoms with E-state index < -0.39 is 0 Å². The van der Waals surface area contributed by atoms with Crippen molar-refractivity contribution in [2.75, 3.05) is 31.5 Å². The van der Waals surface area contributed by atoms with Crippen molar-refractivity contribution in [3.8, 4) is 0 Å². The van der Waals surface area contributed by atoms with Gasteiger partial charge in [0.15, 0.2) is 0 Å². The highest BCUT2D eigenvalue weighted by Crippen LogP contribution is 2.35. The van der Waals surface area contributed by atoms with Crippen molar-refractivity contribution in [1.29, 1.82) is 0 Å². The van der Waals surface area contributed by atoms with Crippen LogP contribution in [0.2, 0.25) is 5.02 Å². The van der Waals surface area contributed by atoms with Crippen LogP contribution in [0.1, 0.15) is 25.7 Å². The number of rotatable bonds is 3. The van der Waals surface area contributed by atoms with E-state index in [0.717, 1.165) is 24.7 Å². The van der Waals surface area contributed by atoms with Gasteiger partial charge in [-0.2, -0.15) is 0 Å². The van der Waals surface area contributed by atoms with Gasteiger partial charge in [0.1, 0.15) is 0 Å². The molecule has 1 N–H and O–H groups in total. The largest absolute Gasteiger partial charge is 0.323 e.